The molecule has 1 aliphatic carbocycles. The Morgan fingerprint density at radius 2 is 2.36 bits per heavy atom. The van der Waals surface area contributed by atoms with Gasteiger partial charge in [-0.2, -0.15) is 0 Å². The lowest BCUT2D eigenvalue weighted by Crippen LogP contribution is -2.33. The van der Waals surface area contributed by atoms with Crippen LogP contribution in [0.15, 0.2) is 0 Å². The van der Waals surface area contributed by atoms with E-state index in [9.17, 15) is 0 Å². The highest BCUT2D eigenvalue weighted by molar-refractivity contribution is 7.80. The third-order valence-corrected chi connectivity index (χ3v) is 3.96. The van der Waals surface area contributed by atoms with Gasteiger partial charge in [-0.3, -0.25) is 0 Å². The van der Waals surface area contributed by atoms with E-state index in [1.807, 2.05) is 0 Å². The molecule has 0 radical (unpaired) electrons. The zero-order chi connectivity index (χ0) is 10.3. The minimum atomic E-state index is 0.338. The molecule has 0 bridgehead atoms. The summed E-state index contributed by atoms with van der Waals surface area (Å²) in [6.45, 7) is 2.33. The molecular formula is C10H18BNOS. The molecule has 0 spiro atoms. The van der Waals surface area contributed by atoms with E-state index in [-0.39, 0.29) is 0 Å². The minimum Gasteiger partial charge on any atom is -0.465 e. The van der Waals surface area contributed by atoms with Crippen molar-refractivity contribution in [2.24, 2.45) is 0 Å². The summed E-state index contributed by atoms with van der Waals surface area (Å²) in [5.41, 5.74) is 0. The molecule has 2 fully saturated rings. The van der Waals surface area contributed by atoms with Crippen LogP contribution >= 0.6 is 12.2 Å². The van der Waals surface area contributed by atoms with Gasteiger partial charge in [0.1, 0.15) is 14.0 Å². The Bertz CT molecular complexity index is 257. The average molecular weight is 211 g/mol. The predicted octanol–water partition coefficient (Wildman–Crippen LogP) is 1.36. The van der Waals surface area contributed by atoms with Crippen LogP contribution in [0.2, 0.25) is 5.31 Å². The first-order chi connectivity index (χ1) is 6.49. The van der Waals surface area contributed by atoms with Crippen molar-refractivity contribution < 1.29 is 4.74 Å². The largest absolute Gasteiger partial charge is 0.465 e. The van der Waals surface area contributed by atoms with Crippen LogP contribution in [0.4, 0.5) is 0 Å². The quantitative estimate of drug-likeness (QED) is 0.443. The summed E-state index contributed by atoms with van der Waals surface area (Å²) in [5.74, 6) is 0. The second kappa shape index (κ2) is 3.40. The summed E-state index contributed by atoms with van der Waals surface area (Å²) in [6.07, 6.45) is 5.31. The van der Waals surface area contributed by atoms with Crippen LogP contribution in [0, 0.1) is 0 Å². The van der Waals surface area contributed by atoms with Crippen molar-refractivity contribution in [3.63, 3.8) is 0 Å². The van der Waals surface area contributed by atoms with E-state index < -0.39 is 0 Å². The van der Waals surface area contributed by atoms with Gasteiger partial charge >= 0.3 is 0 Å². The first-order valence-corrected chi connectivity index (χ1v) is 5.84. The zero-order valence-corrected chi connectivity index (χ0v) is 10.1. The lowest BCUT2D eigenvalue weighted by molar-refractivity contribution is 0.174. The van der Waals surface area contributed by atoms with Gasteiger partial charge < -0.3 is 9.64 Å². The van der Waals surface area contributed by atoms with Crippen LogP contribution in [-0.2, 0) is 4.74 Å². The second-order valence-corrected chi connectivity index (χ2v) is 5.71. The Balaban J connectivity index is 2.14. The monoisotopic (exact) mass is 211 g/mol. The Morgan fingerprint density at radius 1 is 1.64 bits per heavy atom. The molecule has 14 heavy (non-hydrogen) atoms. The van der Waals surface area contributed by atoms with Crippen LogP contribution in [0.1, 0.15) is 32.6 Å². The van der Waals surface area contributed by atoms with E-state index in [0.29, 0.717) is 22.6 Å². The van der Waals surface area contributed by atoms with E-state index in [4.69, 9.17) is 17.0 Å². The third-order valence-electron chi connectivity index (χ3n) is 3.57. The normalized spacial score (nSPS) is 43.0. The highest BCUT2D eigenvalue weighted by atomic mass is 32.1. The van der Waals surface area contributed by atoms with Crippen LogP contribution in [-0.4, -0.2) is 37.1 Å². The number of thiocarbonyl (C=S) groups is 1. The van der Waals surface area contributed by atoms with E-state index >= 15 is 0 Å². The number of rotatable bonds is 0. The van der Waals surface area contributed by atoms with Crippen molar-refractivity contribution in [3.05, 3.63) is 0 Å². The van der Waals surface area contributed by atoms with E-state index in [0.717, 1.165) is 6.42 Å². The number of nitrogens with zero attached hydrogens (tertiary/aromatic N) is 1. The molecule has 0 aromatic carbocycles. The lowest BCUT2D eigenvalue weighted by atomic mass is 9.65. The molecule has 0 aromatic rings. The zero-order valence-electron chi connectivity index (χ0n) is 9.25. The molecule has 3 unspecified atom stereocenters. The molecule has 0 aromatic heterocycles. The summed E-state index contributed by atoms with van der Waals surface area (Å²) in [4.78, 5) is 2.14. The summed E-state index contributed by atoms with van der Waals surface area (Å²) >= 11 is 5.18. The van der Waals surface area contributed by atoms with Gasteiger partial charge in [0, 0.05) is 7.05 Å². The minimum absolute atomic E-state index is 0.338. The third kappa shape index (κ3) is 1.77. The highest BCUT2D eigenvalue weighted by Crippen LogP contribution is 2.42. The Morgan fingerprint density at radius 3 is 3.07 bits per heavy atom. The van der Waals surface area contributed by atoms with Gasteiger partial charge in [0.2, 0.25) is 0 Å². The molecule has 1 aliphatic heterocycles. The maximum Gasteiger partial charge on any atom is 0.259 e. The highest BCUT2D eigenvalue weighted by Gasteiger charge is 2.41. The van der Waals surface area contributed by atoms with Gasteiger partial charge in [-0.25, -0.2) is 0 Å². The summed E-state index contributed by atoms with van der Waals surface area (Å²) in [6, 6.07) is 0.532. The predicted molar refractivity (Wildman–Crippen MR) is 64.4 cm³/mol. The molecule has 0 N–H and O–H groups in total. The van der Waals surface area contributed by atoms with Crippen molar-refractivity contribution in [2.45, 2.75) is 50.1 Å². The number of likely N-dealkylation sites (N-methyl/N-ethyl adjacent to an activating group) is 1. The van der Waals surface area contributed by atoms with Crippen LogP contribution in [0.25, 0.3) is 0 Å². The maximum absolute atomic E-state index is 5.75. The van der Waals surface area contributed by atoms with Crippen molar-refractivity contribution in [1.29, 1.82) is 0 Å². The molecule has 2 aliphatic rings. The number of hydrogen-bond donors (Lipinski definition) is 0. The molecule has 4 heteroatoms. The van der Waals surface area contributed by atoms with Gasteiger partial charge in [0.15, 0.2) is 0 Å². The van der Waals surface area contributed by atoms with Gasteiger partial charge in [0.25, 0.3) is 5.17 Å². The smallest absolute Gasteiger partial charge is 0.259 e. The van der Waals surface area contributed by atoms with Gasteiger partial charge in [-0.1, -0.05) is 25.1 Å². The Kier molecular flexibility index (Phi) is 2.50. The fourth-order valence-corrected chi connectivity index (χ4v) is 2.93. The number of fused-ring (bicyclic) bond motifs is 1. The number of hydrogen-bond acceptors (Lipinski definition) is 2. The van der Waals surface area contributed by atoms with Crippen LogP contribution in [0.3, 0.4) is 0 Å². The molecular weight excluding hydrogens is 193 g/mol. The first kappa shape index (κ1) is 10.3. The Labute approximate surface area is 92.4 Å². The van der Waals surface area contributed by atoms with Crippen molar-refractivity contribution in [3.8, 4) is 0 Å². The van der Waals surface area contributed by atoms with Crippen molar-refractivity contribution in [1.82, 2.24) is 4.90 Å². The molecule has 1 heterocycles. The standard InChI is InChI=1S/C10H18BNOS/c1-10(11)5-3-4-7-8(6-10)13-9(14)12(7)2/h7-8H,3-6,11H2,1-2H3. The van der Waals surface area contributed by atoms with E-state index in [2.05, 4.69) is 26.7 Å². The van der Waals surface area contributed by atoms with Gasteiger partial charge in [0.05, 0.1) is 6.04 Å². The first-order valence-electron chi connectivity index (χ1n) is 5.43. The fourth-order valence-electron chi connectivity index (χ4n) is 2.67. The molecule has 1 saturated heterocycles. The van der Waals surface area contributed by atoms with E-state index in [1.54, 1.807) is 0 Å². The van der Waals surface area contributed by atoms with Crippen molar-refractivity contribution in [2.75, 3.05) is 7.05 Å². The molecule has 1 saturated carbocycles. The summed E-state index contributed by atoms with van der Waals surface area (Å²) in [5, 5.41) is 1.11. The van der Waals surface area contributed by atoms with Crippen molar-refractivity contribution >= 4 is 25.2 Å². The van der Waals surface area contributed by atoms with Gasteiger partial charge in [-0.15, -0.1) is 0 Å². The molecule has 78 valence electrons. The lowest BCUT2D eigenvalue weighted by Gasteiger charge is -2.25. The van der Waals surface area contributed by atoms with Crippen LogP contribution < -0.4 is 0 Å². The summed E-state index contributed by atoms with van der Waals surface area (Å²) in [7, 11) is 4.39. The molecule has 2 nitrogen and oxygen atoms in total. The fraction of sp³-hybridized carbons (Fsp3) is 0.900. The Hall–Kier alpha value is -0.245. The topological polar surface area (TPSA) is 12.5 Å². The SMILES string of the molecule is BC1(C)CCCC2C(C1)OC(=S)N2C. The second-order valence-electron chi connectivity index (χ2n) is 5.36. The maximum atomic E-state index is 5.75. The van der Waals surface area contributed by atoms with E-state index in [1.165, 1.54) is 19.3 Å². The van der Waals surface area contributed by atoms with Crippen LogP contribution in [0.5, 0.6) is 0 Å². The summed E-state index contributed by atoms with van der Waals surface area (Å²) < 4.78 is 5.75. The molecule has 0 amide bonds. The molecule has 3 atom stereocenters. The van der Waals surface area contributed by atoms with Gasteiger partial charge in [-0.05, 0) is 25.1 Å². The molecule has 2 rings (SSSR count). The number of ether oxygens (including phenoxy) is 1. The average Bonchev–Trinajstić information content (AvgIpc) is 2.28.